The minimum Gasteiger partial charge on any atom is -0.496 e. The lowest BCUT2D eigenvalue weighted by Crippen LogP contribution is -2.32. The molecule has 0 saturated heterocycles. The highest BCUT2D eigenvalue weighted by atomic mass is 35.5. The van der Waals surface area contributed by atoms with Gasteiger partial charge >= 0.3 is 0 Å². The Labute approximate surface area is 170 Å². The first kappa shape index (κ1) is 20.3. The van der Waals surface area contributed by atoms with Gasteiger partial charge in [-0.05, 0) is 20.0 Å². The normalized spacial score (nSPS) is 14.3. The molecule has 28 heavy (non-hydrogen) atoms. The van der Waals surface area contributed by atoms with Crippen molar-refractivity contribution >= 4 is 23.2 Å². The molecule has 1 atom stereocenters. The zero-order valence-electron chi connectivity index (χ0n) is 16.3. The summed E-state index contributed by atoms with van der Waals surface area (Å²) in [7, 11) is 3.54. The van der Waals surface area contributed by atoms with E-state index in [0.717, 1.165) is 17.7 Å². The molecule has 3 rings (SSSR count). The van der Waals surface area contributed by atoms with Crippen LogP contribution in [0.15, 0.2) is 36.4 Å². The number of benzene rings is 2. The lowest BCUT2D eigenvalue weighted by Gasteiger charge is -2.26. The maximum Gasteiger partial charge on any atom is 0.238 e. The molecule has 0 fully saturated rings. The summed E-state index contributed by atoms with van der Waals surface area (Å²) in [5, 5.41) is 3.28. The third-order valence-corrected chi connectivity index (χ3v) is 5.07. The van der Waals surface area contributed by atoms with Gasteiger partial charge in [0.1, 0.15) is 5.75 Å². The largest absolute Gasteiger partial charge is 0.496 e. The highest BCUT2D eigenvalue weighted by molar-refractivity contribution is 6.34. The van der Waals surface area contributed by atoms with Crippen LogP contribution in [0.4, 0.5) is 5.69 Å². The predicted octanol–water partition coefficient (Wildman–Crippen LogP) is 4.14. The number of hydrogen-bond acceptors (Lipinski definition) is 5. The number of nitrogens with zero attached hydrogens (tertiary/aromatic N) is 1. The maximum atomic E-state index is 12.6. The first-order chi connectivity index (χ1) is 13.5. The number of nitrogens with one attached hydrogen (secondary N) is 1. The zero-order valence-corrected chi connectivity index (χ0v) is 17.1. The monoisotopic (exact) mass is 404 g/mol. The van der Waals surface area contributed by atoms with Crippen LogP contribution in [0.3, 0.4) is 0 Å². The summed E-state index contributed by atoms with van der Waals surface area (Å²) < 4.78 is 16.7. The number of halogens is 1. The summed E-state index contributed by atoms with van der Waals surface area (Å²) in [6.45, 7) is 3.39. The Balaban J connectivity index is 1.67. The van der Waals surface area contributed by atoms with Crippen LogP contribution in [0.25, 0.3) is 0 Å². The fraction of sp³-hybridized carbons (Fsp3) is 0.381. The third-order valence-electron chi connectivity index (χ3n) is 4.75. The second-order valence-corrected chi connectivity index (χ2v) is 7.12. The summed E-state index contributed by atoms with van der Waals surface area (Å²) in [6, 6.07) is 11.2. The number of anilines is 1. The number of carbonyl (C=O) groups excluding carboxylic acids is 1. The molecule has 7 heteroatoms. The van der Waals surface area contributed by atoms with E-state index >= 15 is 0 Å². The van der Waals surface area contributed by atoms with E-state index in [1.165, 1.54) is 0 Å². The Morgan fingerprint density at radius 3 is 2.64 bits per heavy atom. The predicted molar refractivity (Wildman–Crippen MR) is 110 cm³/mol. The van der Waals surface area contributed by atoms with Gasteiger partial charge in [-0.2, -0.15) is 0 Å². The third kappa shape index (κ3) is 4.69. The molecule has 0 spiro atoms. The van der Waals surface area contributed by atoms with Crippen LogP contribution < -0.4 is 19.5 Å². The molecule has 1 heterocycles. The number of hydrogen-bond donors (Lipinski definition) is 1. The van der Waals surface area contributed by atoms with Crippen molar-refractivity contribution in [1.82, 2.24) is 4.90 Å². The minimum absolute atomic E-state index is 0.00107. The van der Waals surface area contributed by atoms with E-state index < -0.39 is 0 Å². The fourth-order valence-electron chi connectivity index (χ4n) is 3.08. The van der Waals surface area contributed by atoms with Crippen molar-refractivity contribution in [3.05, 3.63) is 47.0 Å². The van der Waals surface area contributed by atoms with Gasteiger partial charge in [0.05, 0.1) is 37.6 Å². The smallest absolute Gasteiger partial charge is 0.238 e. The molecular formula is C21H25ClN2O4. The topological polar surface area (TPSA) is 60.0 Å². The summed E-state index contributed by atoms with van der Waals surface area (Å²) in [5.41, 5.74) is 1.53. The van der Waals surface area contributed by atoms with Crippen LogP contribution in [-0.2, 0) is 4.79 Å². The molecule has 0 aliphatic carbocycles. The number of rotatable bonds is 6. The van der Waals surface area contributed by atoms with Gasteiger partial charge in [-0.25, -0.2) is 0 Å². The molecule has 2 aromatic carbocycles. The van der Waals surface area contributed by atoms with Gasteiger partial charge < -0.3 is 19.5 Å². The van der Waals surface area contributed by atoms with Gasteiger partial charge in [0.25, 0.3) is 0 Å². The van der Waals surface area contributed by atoms with Gasteiger partial charge in [0, 0.05) is 30.2 Å². The maximum absolute atomic E-state index is 12.6. The highest BCUT2D eigenvalue weighted by Crippen LogP contribution is 2.37. The average Bonchev–Trinajstić information content (AvgIpc) is 2.92. The standard InChI is InChI=1S/C21H25ClN2O4/c1-14(15-7-4-5-8-18(15)26-3)24(2)13-21(25)23-17-12-20-19(11-16(17)22)27-9-6-10-28-20/h4-5,7-8,11-12,14H,6,9-10,13H2,1-3H3,(H,23,25). The number of carbonyl (C=O) groups is 1. The minimum atomic E-state index is -0.166. The van der Waals surface area contributed by atoms with Crippen molar-refractivity contribution in [3.63, 3.8) is 0 Å². The molecule has 1 aliphatic rings. The van der Waals surface area contributed by atoms with Gasteiger partial charge in [-0.3, -0.25) is 9.69 Å². The molecule has 2 aromatic rings. The van der Waals surface area contributed by atoms with Crippen LogP contribution in [0.5, 0.6) is 17.2 Å². The Morgan fingerprint density at radius 1 is 1.25 bits per heavy atom. The van der Waals surface area contributed by atoms with E-state index in [1.807, 2.05) is 43.1 Å². The number of likely N-dealkylation sites (N-methyl/N-ethyl adjacent to an activating group) is 1. The molecule has 1 unspecified atom stereocenters. The van der Waals surface area contributed by atoms with Crippen LogP contribution >= 0.6 is 11.6 Å². The van der Waals surface area contributed by atoms with Gasteiger partial charge in [-0.15, -0.1) is 0 Å². The number of ether oxygens (including phenoxy) is 3. The van der Waals surface area contributed by atoms with Crippen molar-refractivity contribution in [3.8, 4) is 17.2 Å². The highest BCUT2D eigenvalue weighted by Gasteiger charge is 2.20. The SMILES string of the molecule is COc1ccccc1C(C)N(C)CC(=O)Nc1cc2c(cc1Cl)OCCCO2. The van der Waals surface area contributed by atoms with Gasteiger partial charge in [0.15, 0.2) is 11.5 Å². The molecule has 0 saturated carbocycles. The summed E-state index contributed by atoms with van der Waals surface area (Å²) in [5.74, 6) is 1.82. The van der Waals surface area contributed by atoms with Crippen molar-refractivity contribution < 1.29 is 19.0 Å². The van der Waals surface area contributed by atoms with Crippen molar-refractivity contribution in [2.24, 2.45) is 0 Å². The molecule has 0 radical (unpaired) electrons. The Hall–Kier alpha value is -2.44. The molecule has 1 aliphatic heterocycles. The lowest BCUT2D eigenvalue weighted by atomic mass is 10.1. The second kappa shape index (κ2) is 9.17. The van der Waals surface area contributed by atoms with Crippen LogP contribution in [0.2, 0.25) is 5.02 Å². The van der Waals surface area contributed by atoms with E-state index in [1.54, 1.807) is 19.2 Å². The molecule has 0 bridgehead atoms. The molecule has 1 amide bonds. The van der Waals surface area contributed by atoms with E-state index in [9.17, 15) is 4.79 Å². The van der Waals surface area contributed by atoms with Gasteiger partial charge in [-0.1, -0.05) is 29.8 Å². The number of methoxy groups -OCH3 is 1. The number of para-hydroxylation sites is 1. The zero-order chi connectivity index (χ0) is 20.1. The van der Waals surface area contributed by atoms with E-state index in [0.29, 0.717) is 35.4 Å². The van der Waals surface area contributed by atoms with Crippen LogP contribution in [0, 0.1) is 0 Å². The van der Waals surface area contributed by atoms with Crippen molar-refractivity contribution in [2.75, 3.05) is 39.2 Å². The Kier molecular flexibility index (Phi) is 6.65. The second-order valence-electron chi connectivity index (χ2n) is 6.71. The van der Waals surface area contributed by atoms with E-state index in [4.69, 9.17) is 25.8 Å². The summed E-state index contributed by atoms with van der Waals surface area (Å²) in [6.07, 6.45) is 0.805. The van der Waals surface area contributed by atoms with E-state index in [-0.39, 0.29) is 18.5 Å². The molecule has 1 N–H and O–H groups in total. The summed E-state index contributed by atoms with van der Waals surface area (Å²) in [4.78, 5) is 14.5. The first-order valence-electron chi connectivity index (χ1n) is 9.21. The van der Waals surface area contributed by atoms with Crippen molar-refractivity contribution in [2.45, 2.75) is 19.4 Å². The van der Waals surface area contributed by atoms with Crippen LogP contribution in [0.1, 0.15) is 24.9 Å². The number of fused-ring (bicyclic) bond motifs is 1. The first-order valence-corrected chi connectivity index (χ1v) is 9.59. The molecule has 150 valence electrons. The van der Waals surface area contributed by atoms with Crippen LogP contribution in [-0.4, -0.2) is 44.7 Å². The molecular weight excluding hydrogens is 380 g/mol. The summed E-state index contributed by atoms with van der Waals surface area (Å²) >= 11 is 6.31. The van der Waals surface area contributed by atoms with Gasteiger partial charge in [0.2, 0.25) is 5.91 Å². The molecule has 0 aromatic heterocycles. The fourth-order valence-corrected chi connectivity index (χ4v) is 3.28. The quantitative estimate of drug-likeness (QED) is 0.784. The van der Waals surface area contributed by atoms with E-state index in [2.05, 4.69) is 5.32 Å². The number of amides is 1. The van der Waals surface area contributed by atoms with Crippen molar-refractivity contribution in [1.29, 1.82) is 0 Å². The lowest BCUT2D eigenvalue weighted by molar-refractivity contribution is -0.117. The average molecular weight is 405 g/mol. The Bertz CT molecular complexity index is 843. The molecule has 6 nitrogen and oxygen atoms in total. The Morgan fingerprint density at radius 2 is 1.93 bits per heavy atom.